The van der Waals surface area contributed by atoms with Gasteiger partial charge in [-0.25, -0.2) is 4.79 Å². The Bertz CT molecular complexity index is 396. The first-order chi connectivity index (χ1) is 8.49. The lowest BCUT2D eigenvalue weighted by atomic mass is 10.00. The molecular weight excluding hydrogens is 232 g/mol. The quantitative estimate of drug-likeness (QED) is 0.391. The molecule has 0 fully saturated rings. The van der Waals surface area contributed by atoms with E-state index in [9.17, 15) is 15.0 Å². The zero-order chi connectivity index (χ0) is 13.4. The Balaban J connectivity index is 2.34. The van der Waals surface area contributed by atoms with E-state index in [-0.39, 0.29) is 12.8 Å². The number of carboxylic acid groups (broad SMARTS) is 1. The molecule has 3 N–H and O–H groups in total. The van der Waals surface area contributed by atoms with Crippen LogP contribution in [0.5, 0.6) is 0 Å². The Kier molecular flexibility index (Phi) is 5.55. The van der Waals surface area contributed by atoms with Gasteiger partial charge in [-0.05, 0) is 18.4 Å². The third-order valence-corrected chi connectivity index (χ3v) is 2.54. The highest BCUT2D eigenvalue weighted by Crippen LogP contribution is 2.17. The van der Waals surface area contributed by atoms with Crippen LogP contribution in [0.4, 0.5) is 0 Å². The van der Waals surface area contributed by atoms with Gasteiger partial charge in [-0.3, -0.25) is 0 Å². The Labute approximate surface area is 106 Å². The first-order valence-corrected chi connectivity index (χ1v) is 5.88. The molecule has 0 aromatic heterocycles. The molecule has 1 aromatic carbocycles. The molecule has 0 aliphatic rings. The van der Waals surface area contributed by atoms with Crippen molar-refractivity contribution in [3.63, 3.8) is 0 Å². The predicted molar refractivity (Wildman–Crippen MR) is 67.9 cm³/mol. The van der Waals surface area contributed by atoms with E-state index in [0.717, 1.165) is 11.6 Å². The highest BCUT2D eigenvalue weighted by Gasteiger charge is 2.22. The first-order valence-electron chi connectivity index (χ1n) is 5.88. The van der Waals surface area contributed by atoms with Crippen molar-refractivity contribution in [2.45, 2.75) is 31.5 Å². The second-order valence-electron chi connectivity index (χ2n) is 4.28. The van der Waals surface area contributed by atoms with E-state index in [1.54, 1.807) is 0 Å². The monoisotopic (exact) mass is 250 g/mol. The first kappa shape index (κ1) is 14.4. The van der Waals surface area contributed by atoms with Crippen LogP contribution in [0, 0.1) is 0 Å². The summed E-state index contributed by atoms with van der Waals surface area (Å²) in [7, 11) is 0. The number of carbonyl (C=O) groups is 1. The van der Waals surface area contributed by atoms with Gasteiger partial charge in [-0.1, -0.05) is 36.4 Å². The van der Waals surface area contributed by atoms with E-state index in [0.29, 0.717) is 12.8 Å². The third-order valence-electron chi connectivity index (χ3n) is 2.54. The van der Waals surface area contributed by atoms with Crippen LogP contribution in [0.1, 0.15) is 24.8 Å². The van der Waals surface area contributed by atoms with Crippen molar-refractivity contribution in [1.82, 2.24) is 0 Å². The number of unbranched alkanes of at least 4 members (excludes halogenated alkanes) is 1. The topological polar surface area (TPSA) is 77.8 Å². The molecule has 0 unspecified atom stereocenters. The summed E-state index contributed by atoms with van der Waals surface area (Å²) in [4.78, 5) is 10.2. The summed E-state index contributed by atoms with van der Waals surface area (Å²) in [6.45, 7) is 0. The fourth-order valence-corrected chi connectivity index (χ4v) is 1.70. The zero-order valence-electron chi connectivity index (χ0n) is 10.1. The molecule has 98 valence electrons. The van der Waals surface area contributed by atoms with Crippen LogP contribution in [0.25, 0.3) is 0 Å². The van der Waals surface area contributed by atoms with Gasteiger partial charge in [0.15, 0.2) is 5.79 Å². The Hall–Kier alpha value is -1.65. The summed E-state index contributed by atoms with van der Waals surface area (Å²) in [5.74, 6) is -2.73. The summed E-state index contributed by atoms with van der Waals surface area (Å²) < 4.78 is 0. The minimum Gasteiger partial charge on any atom is -0.478 e. The minimum absolute atomic E-state index is 0.177. The molecule has 0 heterocycles. The standard InChI is InChI=1S/C14H18O4/c15-13(16)9-5-2-6-10-14(17,18)11-12-7-3-1-4-8-12/h1,3-5,7-9,17-18H,2,6,10-11H2,(H,15,16)/b9-5+. The molecule has 1 rings (SSSR count). The van der Waals surface area contributed by atoms with Gasteiger partial charge in [-0.2, -0.15) is 0 Å². The molecule has 0 radical (unpaired) electrons. The zero-order valence-corrected chi connectivity index (χ0v) is 10.1. The number of hydrogen-bond donors (Lipinski definition) is 3. The summed E-state index contributed by atoms with van der Waals surface area (Å²) in [6.07, 6.45) is 4.02. The number of carboxylic acids is 1. The maximum absolute atomic E-state index is 10.2. The number of rotatable bonds is 7. The van der Waals surface area contributed by atoms with Crippen LogP contribution < -0.4 is 0 Å². The van der Waals surface area contributed by atoms with Gasteiger partial charge < -0.3 is 15.3 Å². The van der Waals surface area contributed by atoms with Gasteiger partial charge in [0.05, 0.1) is 0 Å². The van der Waals surface area contributed by atoms with E-state index in [1.807, 2.05) is 30.3 Å². The largest absolute Gasteiger partial charge is 0.478 e. The normalized spacial score (nSPS) is 11.9. The molecule has 0 bridgehead atoms. The fraction of sp³-hybridized carbons (Fsp3) is 0.357. The average molecular weight is 250 g/mol. The number of aliphatic hydroxyl groups is 2. The number of aliphatic carboxylic acids is 1. The molecule has 0 amide bonds. The Morgan fingerprint density at radius 2 is 1.89 bits per heavy atom. The van der Waals surface area contributed by atoms with Gasteiger partial charge in [0, 0.05) is 18.9 Å². The van der Waals surface area contributed by atoms with E-state index >= 15 is 0 Å². The molecule has 0 aliphatic carbocycles. The van der Waals surface area contributed by atoms with Crippen molar-refractivity contribution in [1.29, 1.82) is 0 Å². The molecule has 0 atom stereocenters. The lowest BCUT2D eigenvalue weighted by molar-refractivity contribution is -0.164. The highest BCUT2D eigenvalue weighted by atomic mass is 16.5. The molecular formula is C14H18O4. The molecule has 0 spiro atoms. The lowest BCUT2D eigenvalue weighted by Gasteiger charge is -2.21. The molecule has 18 heavy (non-hydrogen) atoms. The summed E-state index contributed by atoms with van der Waals surface area (Å²) in [5, 5.41) is 28.0. The van der Waals surface area contributed by atoms with Crippen molar-refractivity contribution in [3.8, 4) is 0 Å². The van der Waals surface area contributed by atoms with Crippen LogP contribution in [0.3, 0.4) is 0 Å². The molecule has 4 nitrogen and oxygen atoms in total. The molecule has 1 aromatic rings. The number of hydrogen-bond acceptors (Lipinski definition) is 3. The van der Waals surface area contributed by atoms with Gasteiger partial charge in [0.1, 0.15) is 0 Å². The predicted octanol–water partition coefficient (Wildman–Crippen LogP) is 1.72. The minimum atomic E-state index is -1.74. The van der Waals surface area contributed by atoms with E-state index in [2.05, 4.69) is 0 Å². The van der Waals surface area contributed by atoms with Crippen LogP contribution >= 0.6 is 0 Å². The molecule has 0 aliphatic heterocycles. The van der Waals surface area contributed by atoms with Crippen molar-refractivity contribution >= 4 is 5.97 Å². The smallest absolute Gasteiger partial charge is 0.327 e. The average Bonchev–Trinajstić information content (AvgIpc) is 2.28. The van der Waals surface area contributed by atoms with Crippen LogP contribution in [-0.2, 0) is 11.2 Å². The summed E-state index contributed by atoms with van der Waals surface area (Å²) in [6, 6.07) is 9.25. The molecule has 4 heteroatoms. The second kappa shape index (κ2) is 6.93. The van der Waals surface area contributed by atoms with E-state index in [4.69, 9.17) is 5.11 Å². The number of allylic oxidation sites excluding steroid dienone is 1. The summed E-state index contributed by atoms with van der Waals surface area (Å²) >= 11 is 0. The maximum Gasteiger partial charge on any atom is 0.327 e. The van der Waals surface area contributed by atoms with Gasteiger partial charge in [0.25, 0.3) is 0 Å². The van der Waals surface area contributed by atoms with Crippen LogP contribution in [0.15, 0.2) is 42.5 Å². The van der Waals surface area contributed by atoms with Crippen molar-refractivity contribution in [2.75, 3.05) is 0 Å². The Morgan fingerprint density at radius 3 is 2.50 bits per heavy atom. The third kappa shape index (κ3) is 6.18. The van der Waals surface area contributed by atoms with Gasteiger partial charge >= 0.3 is 5.97 Å². The van der Waals surface area contributed by atoms with Gasteiger partial charge in [-0.15, -0.1) is 0 Å². The van der Waals surface area contributed by atoms with Crippen LogP contribution in [0.2, 0.25) is 0 Å². The van der Waals surface area contributed by atoms with Crippen molar-refractivity contribution in [3.05, 3.63) is 48.0 Å². The summed E-state index contributed by atoms with van der Waals surface area (Å²) in [5.41, 5.74) is 0.864. The fourth-order valence-electron chi connectivity index (χ4n) is 1.70. The van der Waals surface area contributed by atoms with Crippen LogP contribution in [-0.4, -0.2) is 27.1 Å². The van der Waals surface area contributed by atoms with Gasteiger partial charge in [0.2, 0.25) is 0 Å². The van der Waals surface area contributed by atoms with E-state index in [1.165, 1.54) is 6.08 Å². The second-order valence-corrected chi connectivity index (χ2v) is 4.28. The lowest BCUT2D eigenvalue weighted by Crippen LogP contribution is -2.30. The van der Waals surface area contributed by atoms with E-state index < -0.39 is 11.8 Å². The SMILES string of the molecule is O=C(O)/C=C/CCCC(O)(O)Cc1ccccc1. The maximum atomic E-state index is 10.2. The Morgan fingerprint density at radius 1 is 1.22 bits per heavy atom. The molecule has 0 saturated heterocycles. The van der Waals surface area contributed by atoms with Crippen molar-refractivity contribution in [2.24, 2.45) is 0 Å². The number of benzene rings is 1. The highest BCUT2D eigenvalue weighted by molar-refractivity contribution is 5.79. The van der Waals surface area contributed by atoms with Crippen molar-refractivity contribution < 1.29 is 20.1 Å². The molecule has 0 saturated carbocycles.